The average molecular weight is 467 g/mol. The Balaban J connectivity index is 1.45. The van der Waals surface area contributed by atoms with Gasteiger partial charge in [0.05, 0.1) is 29.1 Å². The van der Waals surface area contributed by atoms with E-state index in [2.05, 4.69) is 60.2 Å². The van der Waals surface area contributed by atoms with E-state index < -0.39 is 0 Å². The number of thiophene rings is 1. The zero-order valence-electron chi connectivity index (χ0n) is 19.0. The van der Waals surface area contributed by atoms with Crippen molar-refractivity contribution in [2.45, 2.75) is 13.5 Å². The topological polar surface area (TPSA) is 99.3 Å². The van der Waals surface area contributed by atoms with Crippen LogP contribution in [0.5, 0.6) is 0 Å². The van der Waals surface area contributed by atoms with Gasteiger partial charge in [-0.2, -0.15) is 5.10 Å². The summed E-state index contributed by atoms with van der Waals surface area (Å²) in [5.74, 6) is 0.695. The molecular weight excluding hydrogens is 444 g/mol. The van der Waals surface area contributed by atoms with Gasteiger partial charge in [-0.15, -0.1) is 11.3 Å². The van der Waals surface area contributed by atoms with E-state index in [0.29, 0.717) is 5.82 Å². The number of pyridine rings is 3. The minimum absolute atomic E-state index is 0.695. The Morgan fingerprint density at radius 1 is 0.971 bits per heavy atom. The second kappa shape index (κ2) is 8.12. The quantitative estimate of drug-likeness (QED) is 0.369. The molecule has 6 aromatic rings. The lowest BCUT2D eigenvalue weighted by atomic mass is 10.1. The van der Waals surface area contributed by atoms with Crippen molar-refractivity contribution in [1.82, 2.24) is 40.0 Å². The first-order chi connectivity index (χ1) is 16.5. The van der Waals surface area contributed by atoms with Crippen LogP contribution in [0.1, 0.15) is 10.4 Å². The summed E-state index contributed by atoms with van der Waals surface area (Å²) < 4.78 is 0. The summed E-state index contributed by atoms with van der Waals surface area (Å²) in [5, 5.41) is 8.60. The lowest BCUT2D eigenvalue weighted by molar-refractivity contribution is 0.402. The number of fused-ring (bicyclic) bond motifs is 2. The molecule has 0 radical (unpaired) electrons. The third-order valence-corrected chi connectivity index (χ3v) is 6.69. The second-order valence-electron chi connectivity index (χ2n) is 8.59. The SMILES string of the molecule is Cc1ccc(-c2cncc3[nH]c(-c4n[nH]c5cnc(-c6cncc(CN(C)C)c6)cc45)nc23)s1. The number of H-pyrrole nitrogens is 2. The molecule has 0 aromatic carbocycles. The van der Waals surface area contributed by atoms with Crippen LogP contribution in [-0.2, 0) is 6.54 Å². The van der Waals surface area contributed by atoms with Gasteiger partial charge in [0.1, 0.15) is 11.2 Å². The Kier molecular flexibility index (Phi) is 4.93. The fourth-order valence-electron chi connectivity index (χ4n) is 4.14. The largest absolute Gasteiger partial charge is 0.335 e. The highest BCUT2D eigenvalue weighted by molar-refractivity contribution is 7.15. The Morgan fingerprint density at radius 3 is 2.68 bits per heavy atom. The summed E-state index contributed by atoms with van der Waals surface area (Å²) >= 11 is 1.74. The minimum Gasteiger partial charge on any atom is -0.335 e. The van der Waals surface area contributed by atoms with Crippen LogP contribution in [0.2, 0.25) is 0 Å². The van der Waals surface area contributed by atoms with Crippen molar-refractivity contribution in [3.63, 3.8) is 0 Å². The van der Waals surface area contributed by atoms with Crippen LogP contribution in [0.25, 0.3) is 55.2 Å². The maximum absolute atomic E-state index is 4.93. The van der Waals surface area contributed by atoms with E-state index in [-0.39, 0.29) is 0 Å². The number of hydrogen-bond donors (Lipinski definition) is 2. The van der Waals surface area contributed by atoms with Gasteiger partial charge in [0.25, 0.3) is 0 Å². The fraction of sp³-hybridized carbons (Fsp3) is 0.160. The highest BCUT2D eigenvalue weighted by Gasteiger charge is 2.17. The lowest BCUT2D eigenvalue weighted by Crippen LogP contribution is -2.10. The monoisotopic (exact) mass is 466 g/mol. The van der Waals surface area contributed by atoms with Crippen molar-refractivity contribution in [2.75, 3.05) is 14.1 Å². The van der Waals surface area contributed by atoms with Crippen molar-refractivity contribution >= 4 is 33.3 Å². The van der Waals surface area contributed by atoms with Gasteiger partial charge in [-0.3, -0.25) is 20.1 Å². The van der Waals surface area contributed by atoms with E-state index in [0.717, 1.165) is 61.4 Å². The zero-order chi connectivity index (χ0) is 23.2. The van der Waals surface area contributed by atoms with E-state index in [1.165, 1.54) is 4.88 Å². The molecule has 0 fully saturated rings. The lowest BCUT2D eigenvalue weighted by Gasteiger charge is -2.10. The molecule has 34 heavy (non-hydrogen) atoms. The smallest absolute Gasteiger partial charge is 0.159 e. The van der Waals surface area contributed by atoms with E-state index >= 15 is 0 Å². The summed E-state index contributed by atoms with van der Waals surface area (Å²) in [5.41, 5.74) is 7.34. The summed E-state index contributed by atoms with van der Waals surface area (Å²) in [7, 11) is 4.09. The molecule has 2 N–H and O–H groups in total. The first-order valence-corrected chi connectivity index (χ1v) is 11.7. The first-order valence-electron chi connectivity index (χ1n) is 10.9. The Bertz CT molecular complexity index is 1640. The molecule has 9 heteroatoms. The molecule has 0 aliphatic rings. The molecule has 0 amide bonds. The number of aryl methyl sites for hydroxylation is 1. The van der Waals surface area contributed by atoms with Crippen LogP contribution in [-0.4, -0.2) is 54.1 Å². The van der Waals surface area contributed by atoms with Crippen molar-refractivity contribution in [2.24, 2.45) is 0 Å². The zero-order valence-corrected chi connectivity index (χ0v) is 19.8. The molecule has 0 atom stereocenters. The maximum atomic E-state index is 4.93. The van der Waals surface area contributed by atoms with Gasteiger partial charge in [-0.05, 0) is 50.8 Å². The van der Waals surface area contributed by atoms with Crippen molar-refractivity contribution < 1.29 is 0 Å². The van der Waals surface area contributed by atoms with Crippen LogP contribution < -0.4 is 0 Å². The fourth-order valence-corrected chi connectivity index (χ4v) is 5.02. The number of aromatic nitrogens is 7. The van der Waals surface area contributed by atoms with E-state index in [1.54, 1.807) is 17.5 Å². The number of aromatic amines is 2. The van der Waals surface area contributed by atoms with Crippen LogP contribution in [0.3, 0.4) is 0 Å². The maximum Gasteiger partial charge on any atom is 0.159 e. The standard InChI is InChI=1S/C25H22N8S/c1-14-4-5-22(34-14)18-10-27-11-21-23(18)30-25(29-21)24-17-7-19(28-12-20(17)31-32-24)16-6-15(8-26-9-16)13-33(2)3/h4-12H,13H2,1-3H3,(H,29,30)(H,31,32). The van der Waals surface area contributed by atoms with Gasteiger partial charge in [0, 0.05) is 51.4 Å². The molecule has 0 saturated carbocycles. The van der Waals surface area contributed by atoms with Gasteiger partial charge >= 0.3 is 0 Å². The molecule has 0 bridgehead atoms. The highest BCUT2D eigenvalue weighted by Crippen LogP contribution is 2.34. The molecule has 6 heterocycles. The molecule has 8 nitrogen and oxygen atoms in total. The Hall–Kier alpha value is -3.95. The van der Waals surface area contributed by atoms with E-state index in [9.17, 15) is 0 Å². The average Bonchev–Trinajstić information content (AvgIpc) is 3.55. The normalized spacial score (nSPS) is 11.8. The minimum atomic E-state index is 0.695. The van der Waals surface area contributed by atoms with Crippen LogP contribution in [0.15, 0.2) is 55.2 Å². The van der Waals surface area contributed by atoms with Crippen LogP contribution in [0.4, 0.5) is 0 Å². The van der Waals surface area contributed by atoms with Crippen molar-refractivity contribution in [3.05, 3.63) is 65.7 Å². The van der Waals surface area contributed by atoms with Gasteiger partial charge in [0.15, 0.2) is 5.82 Å². The molecular formula is C25H22N8S. The molecule has 6 rings (SSSR count). The molecule has 0 aliphatic carbocycles. The number of hydrogen-bond acceptors (Lipinski definition) is 7. The summed E-state index contributed by atoms with van der Waals surface area (Å²) in [4.78, 5) is 26.3. The number of rotatable bonds is 5. The Labute approximate surface area is 199 Å². The molecule has 6 aromatic heterocycles. The predicted molar refractivity (Wildman–Crippen MR) is 135 cm³/mol. The van der Waals surface area contributed by atoms with E-state index in [4.69, 9.17) is 4.98 Å². The number of nitrogens with zero attached hydrogens (tertiary/aromatic N) is 6. The van der Waals surface area contributed by atoms with Crippen LogP contribution in [0, 0.1) is 6.92 Å². The molecule has 0 spiro atoms. The summed E-state index contributed by atoms with van der Waals surface area (Å²) in [6, 6.07) is 8.40. The summed E-state index contributed by atoms with van der Waals surface area (Å²) in [6.07, 6.45) is 9.22. The summed E-state index contributed by atoms with van der Waals surface area (Å²) in [6.45, 7) is 2.92. The van der Waals surface area contributed by atoms with E-state index in [1.807, 2.05) is 44.9 Å². The van der Waals surface area contributed by atoms with Crippen LogP contribution >= 0.6 is 11.3 Å². The van der Waals surface area contributed by atoms with Gasteiger partial charge in [-0.1, -0.05) is 0 Å². The second-order valence-corrected chi connectivity index (χ2v) is 9.87. The predicted octanol–water partition coefficient (Wildman–Crippen LogP) is 5.06. The third-order valence-electron chi connectivity index (χ3n) is 5.66. The number of nitrogens with one attached hydrogen (secondary N) is 2. The highest BCUT2D eigenvalue weighted by atomic mass is 32.1. The van der Waals surface area contributed by atoms with Gasteiger partial charge < -0.3 is 9.88 Å². The molecule has 0 aliphatic heterocycles. The third kappa shape index (κ3) is 3.64. The van der Waals surface area contributed by atoms with Crippen molar-refractivity contribution in [1.29, 1.82) is 0 Å². The van der Waals surface area contributed by atoms with Gasteiger partial charge in [-0.25, -0.2) is 4.98 Å². The first kappa shape index (κ1) is 20.6. The molecule has 0 saturated heterocycles. The number of imidazole rings is 1. The van der Waals surface area contributed by atoms with Crippen molar-refractivity contribution in [3.8, 4) is 33.2 Å². The van der Waals surface area contributed by atoms with Gasteiger partial charge in [0.2, 0.25) is 0 Å². The Morgan fingerprint density at radius 2 is 1.85 bits per heavy atom. The molecule has 0 unspecified atom stereocenters. The molecule has 168 valence electrons.